The first-order chi connectivity index (χ1) is 14.5. The number of aryl methyl sites for hydroxylation is 1. The van der Waals surface area contributed by atoms with Crippen LogP contribution in [0.1, 0.15) is 30.0 Å². The molecule has 0 radical (unpaired) electrons. The fourth-order valence-electron chi connectivity index (χ4n) is 2.79. The normalized spacial score (nSPS) is 11.8. The Kier molecular flexibility index (Phi) is 6.15. The van der Waals surface area contributed by atoms with Crippen molar-refractivity contribution in [2.75, 3.05) is 0 Å². The Bertz CT molecular complexity index is 1190. The van der Waals surface area contributed by atoms with E-state index in [2.05, 4.69) is 10.2 Å². The highest BCUT2D eigenvalue weighted by Crippen LogP contribution is 2.39. The Balaban J connectivity index is 2.12. The Hall–Kier alpha value is -3.22. The van der Waals surface area contributed by atoms with E-state index in [1.165, 1.54) is 18.2 Å². The van der Waals surface area contributed by atoms with Gasteiger partial charge in [0.15, 0.2) is 0 Å². The molecule has 0 aliphatic heterocycles. The summed E-state index contributed by atoms with van der Waals surface area (Å²) in [7, 11) is 0. The fraction of sp³-hybridized carbons (Fsp3) is 0.222. The predicted molar refractivity (Wildman–Crippen MR) is 101 cm³/mol. The van der Waals surface area contributed by atoms with Gasteiger partial charge < -0.3 is 0 Å². The molecular formula is C18H13F5N4O3S. The molecule has 0 atom stereocenters. The molecule has 0 spiro atoms. The SMILES string of the molecule is CCc1ccc(-n2c(Sc3ccc(C(F)(F)F)cc3[N+](=O)[O-])n[nH]c2=O)c(C(F)F)c1. The van der Waals surface area contributed by atoms with Crippen molar-refractivity contribution in [1.82, 2.24) is 14.8 Å². The number of halogens is 5. The topological polar surface area (TPSA) is 93.8 Å². The molecule has 13 heteroatoms. The highest BCUT2D eigenvalue weighted by Gasteiger charge is 2.33. The number of H-pyrrole nitrogens is 1. The van der Waals surface area contributed by atoms with Crippen molar-refractivity contribution < 1.29 is 26.9 Å². The molecule has 0 aliphatic carbocycles. The van der Waals surface area contributed by atoms with Gasteiger partial charge in [0.1, 0.15) is 0 Å². The molecule has 0 saturated heterocycles. The van der Waals surface area contributed by atoms with Crippen LogP contribution in [0.3, 0.4) is 0 Å². The van der Waals surface area contributed by atoms with Crippen LogP contribution in [0, 0.1) is 10.1 Å². The first-order valence-corrected chi connectivity index (χ1v) is 9.46. The Morgan fingerprint density at radius 1 is 1.23 bits per heavy atom. The molecular weight excluding hydrogens is 447 g/mol. The van der Waals surface area contributed by atoms with Crippen molar-refractivity contribution >= 4 is 17.4 Å². The predicted octanol–water partition coefficient (Wildman–Crippen LogP) is 5.14. The third-order valence-corrected chi connectivity index (χ3v) is 5.32. The van der Waals surface area contributed by atoms with E-state index in [9.17, 15) is 36.9 Å². The zero-order valence-corrected chi connectivity index (χ0v) is 16.4. The maximum absolute atomic E-state index is 13.6. The molecule has 0 bridgehead atoms. The minimum atomic E-state index is -4.80. The minimum absolute atomic E-state index is 0.192. The van der Waals surface area contributed by atoms with Gasteiger partial charge in [0.2, 0.25) is 5.16 Å². The third-order valence-electron chi connectivity index (χ3n) is 4.30. The molecule has 164 valence electrons. The summed E-state index contributed by atoms with van der Waals surface area (Å²) in [6.45, 7) is 1.76. The largest absolute Gasteiger partial charge is 0.416 e. The Labute approximate surface area is 175 Å². The lowest BCUT2D eigenvalue weighted by molar-refractivity contribution is -0.388. The van der Waals surface area contributed by atoms with Gasteiger partial charge >= 0.3 is 11.9 Å². The molecule has 2 aromatic carbocycles. The van der Waals surface area contributed by atoms with Crippen molar-refractivity contribution in [2.24, 2.45) is 0 Å². The summed E-state index contributed by atoms with van der Waals surface area (Å²) >= 11 is 0.501. The number of alkyl halides is 5. The average Bonchev–Trinajstić information content (AvgIpc) is 3.06. The van der Waals surface area contributed by atoms with Crippen LogP contribution in [0.5, 0.6) is 0 Å². The summed E-state index contributed by atoms with van der Waals surface area (Å²) in [6.07, 6.45) is -7.25. The van der Waals surface area contributed by atoms with E-state index in [1.807, 2.05) is 0 Å². The summed E-state index contributed by atoms with van der Waals surface area (Å²) in [4.78, 5) is 22.3. The van der Waals surface area contributed by atoms with Crippen LogP contribution < -0.4 is 5.69 Å². The van der Waals surface area contributed by atoms with Gasteiger partial charge in [-0.2, -0.15) is 13.2 Å². The molecule has 31 heavy (non-hydrogen) atoms. The molecule has 1 heterocycles. The lowest BCUT2D eigenvalue weighted by Crippen LogP contribution is -2.17. The van der Waals surface area contributed by atoms with E-state index in [1.54, 1.807) is 6.92 Å². The highest BCUT2D eigenvalue weighted by molar-refractivity contribution is 7.99. The summed E-state index contributed by atoms with van der Waals surface area (Å²) in [5.74, 6) is 0. The van der Waals surface area contributed by atoms with Crippen LogP contribution in [0.15, 0.2) is 51.2 Å². The smallest absolute Gasteiger partial charge is 0.258 e. The molecule has 1 aromatic heterocycles. The van der Waals surface area contributed by atoms with Crippen LogP contribution in [0.25, 0.3) is 5.69 Å². The number of nitro benzene ring substituents is 1. The second-order valence-electron chi connectivity index (χ2n) is 6.23. The number of nitro groups is 1. The number of nitrogens with zero attached hydrogens (tertiary/aromatic N) is 3. The van der Waals surface area contributed by atoms with Gasteiger partial charge in [0.25, 0.3) is 12.1 Å². The second kappa shape index (κ2) is 8.49. The van der Waals surface area contributed by atoms with E-state index >= 15 is 0 Å². The van der Waals surface area contributed by atoms with Gasteiger partial charge in [-0.25, -0.2) is 23.2 Å². The van der Waals surface area contributed by atoms with Gasteiger partial charge in [-0.15, -0.1) is 5.10 Å². The van der Waals surface area contributed by atoms with Gasteiger partial charge in [-0.1, -0.05) is 13.0 Å². The minimum Gasteiger partial charge on any atom is -0.258 e. The van der Waals surface area contributed by atoms with E-state index in [-0.39, 0.29) is 15.7 Å². The lowest BCUT2D eigenvalue weighted by Gasteiger charge is -2.13. The molecule has 3 rings (SSSR count). The van der Waals surface area contributed by atoms with Crippen molar-refractivity contribution in [1.29, 1.82) is 0 Å². The van der Waals surface area contributed by atoms with Crippen molar-refractivity contribution in [3.63, 3.8) is 0 Å². The number of hydrogen-bond donors (Lipinski definition) is 1. The first-order valence-electron chi connectivity index (χ1n) is 8.65. The van der Waals surface area contributed by atoms with Gasteiger partial charge in [-0.3, -0.25) is 10.1 Å². The van der Waals surface area contributed by atoms with Crippen LogP contribution in [0.4, 0.5) is 27.6 Å². The van der Waals surface area contributed by atoms with Gasteiger partial charge in [0, 0.05) is 11.6 Å². The van der Waals surface area contributed by atoms with Crippen LogP contribution >= 0.6 is 11.8 Å². The van der Waals surface area contributed by atoms with E-state index in [0.29, 0.717) is 35.9 Å². The van der Waals surface area contributed by atoms with Crippen molar-refractivity contribution in [2.45, 2.75) is 36.0 Å². The van der Waals surface area contributed by atoms with E-state index < -0.39 is 40.0 Å². The number of nitrogens with one attached hydrogen (secondary N) is 1. The molecule has 3 aromatic rings. The maximum Gasteiger partial charge on any atom is 0.416 e. The van der Waals surface area contributed by atoms with Crippen LogP contribution in [-0.4, -0.2) is 19.7 Å². The van der Waals surface area contributed by atoms with Gasteiger partial charge in [-0.05, 0) is 48.0 Å². The number of hydrogen-bond acceptors (Lipinski definition) is 5. The summed E-state index contributed by atoms with van der Waals surface area (Å²) in [5.41, 5.74) is -3.02. The third kappa shape index (κ3) is 4.60. The molecule has 0 fully saturated rings. The molecule has 0 saturated carbocycles. The quantitative estimate of drug-likeness (QED) is 0.312. The molecule has 0 aliphatic rings. The van der Waals surface area contributed by atoms with E-state index in [4.69, 9.17) is 0 Å². The molecule has 7 nitrogen and oxygen atoms in total. The number of rotatable bonds is 6. The standard InChI is InChI=1S/C18H13F5N4O3S/c1-2-9-3-5-12(11(7-9)15(19)20)26-16(28)24-25-17(26)31-14-6-4-10(18(21,22)23)8-13(14)27(29)30/h3-8,15H,2H2,1H3,(H,24,28). The zero-order chi connectivity index (χ0) is 22.9. The number of benzene rings is 2. The summed E-state index contributed by atoms with van der Waals surface area (Å²) in [5, 5.41) is 16.8. The van der Waals surface area contributed by atoms with Crippen LogP contribution in [0.2, 0.25) is 0 Å². The molecule has 1 N–H and O–H groups in total. The highest BCUT2D eigenvalue weighted by atomic mass is 32.2. The van der Waals surface area contributed by atoms with Crippen molar-refractivity contribution in [3.8, 4) is 5.69 Å². The monoisotopic (exact) mass is 460 g/mol. The lowest BCUT2D eigenvalue weighted by atomic mass is 10.1. The van der Waals surface area contributed by atoms with Crippen molar-refractivity contribution in [3.05, 3.63) is 73.7 Å². The molecule has 0 amide bonds. The number of aromatic nitrogens is 3. The Morgan fingerprint density at radius 3 is 2.52 bits per heavy atom. The first kappa shape index (κ1) is 22.5. The number of aromatic amines is 1. The summed E-state index contributed by atoms with van der Waals surface area (Å²) < 4.78 is 66.7. The van der Waals surface area contributed by atoms with Gasteiger partial charge in [0.05, 0.1) is 21.1 Å². The fourth-order valence-corrected chi connectivity index (χ4v) is 3.72. The second-order valence-corrected chi connectivity index (χ2v) is 7.24. The zero-order valence-electron chi connectivity index (χ0n) is 15.6. The van der Waals surface area contributed by atoms with Crippen LogP contribution in [-0.2, 0) is 12.6 Å². The van der Waals surface area contributed by atoms with E-state index in [0.717, 1.165) is 10.6 Å². The molecule has 0 unspecified atom stereocenters. The average molecular weight is 460 g/mol. The summed E-state index contributed by atoms with van der Waals surface area (Å²) in [6, 6.07) is 5.93. The maximum atomic E-state index is 13.6. The Morgan fingerprint density at radius 2 is 1.94 bits per heavy atom.